The zero-order valence-corrected chi connectivity index (χ0v) is 13.5. The second-order valence-electron chi connectivity index (χ2n) is 5.74. The van der Waals surface area contributed by atoms with Gasteiger partial charge in [0.15, 0.2) is 0 Å². The van der Waals surface area contributed by atoms with Crippen molar-refractivity contribution in [3.8, 4) is 0 Å². The van der Waals surface area contributed by atoms with Crippen molar-refractivity contribution in [2.75, 3.05) is 11.9 Å². The fraction of sp³-hybridized carbons (Fsp3) is 0.105. The third-order valence-electron chi connectivity index (χ3n) is 4.21. The van der Waals surface area contributed by atoms with Gasteiger partial charge < -0.3 is 9.32 Å². The van der Waals surface area contributed by atoms with Gasteiger partial charge >= 0.3 is 5.63 Å². The van der Waals surface area contributed by atoms with Gasteiger partial charge in [-0.1, -0.05) is 30.3 Å². The molecule has 0 aliphatic rings. The minimum Gasteiger partial charge on any atom is -0.422 e. The summed E-state index contributed by atoms with van der Waals surface area (Å²) in [5.41, 5.74) is 1.43. The Balaban J connectivity index is 1.77. The summed E-state index contributed by atoms with van der Waals surface area (Å²) in [6, 6.07) is 16.6. The molecule has 0 saturated heterocycles. The molecular weight excluding hydrogens is 318 g/mol. The Kier molecular flexibility index (Phi) is 3.57. The Bertz CT molecular complexity index is 1130. The Labute approximate surface area is 142 Å². The van der Waals surface area contributed by atoms with Crippen LogP contribution in [0.2, 0.25) is 0 Å². The van der Waals surface area contributed by atoms with Crippen molar-refractivity contribution in [2.24, 2.45) is 0 Å². The summed E-state index contributed by atoms with van der Waals surface area (Å²) >= 11 is 0. The third kappa shape index (κ3) is 2.57. The van der Waals surface area contributed by atoms with Crippen molar-refractivity contribution in [1.82, 2.24) is 9.78 Å². The summed E-state index contributed by atoms with van der Waals surface area (Å²) in [6.45, 7) is 0.0301. The molecule has 0 unspecified atom stereocenters. The first kappa shape index (κ1) is 15.1. The zero-order valence-electron chi connectivity index (χ0n) is 13.5. The highest BCUT2D eigenvalue weighted by Crippen LogP contribution is 2.22. The monoisotopic (exact) mass is 333 g/mol. The molecule has 6 heteroatoms. The molecule has 0 radical (unpaired) electrons. The average molecular weight is 333 g/mol. The van der Waals surface area contributed by atoms with Gasteiger partial charge in [-0.3, -0.25) is 9.48 Å². The Hall–Kier alpha value is -3.41. The minimum atomic E-state index is -0.455. The molecule has 0 aliphatic carbocycles. The molecule has 2 aromatic carbocycles. The number of benzene rings is 2. The number of nitrogens with zero attached hydrogens (tertiary/aromatic N) is 3. The van der Waals surface area contributed by atoms with Gasteiger partial charge in [-0.05, 0) is 24.3 Å². The molecule has 4 rings (SSSR count). The van der Waals surface area contributed by atoms with E-state index in [0.29, 0.717) is 16.5 Å². The van der Waals surface area contributed by atoms with Gasteiger partial charge in [0.05, 0.1) is 11.7 Å². The number of likely N-dealkylation sites (N-methyl/N-ethyl adjacent to an activating group) is 1. The fourth-order valence-corrected chi connectivity index (χ4v) is 2.87. The van der Waals surface area contributed by atoms with Crippen LogP contribution in [0, 0.1) is 0 Å². The van der Waals surface area contributed by atoms with E-state index in [9.17, 15) is 9.59 Å². The largest absolute Gasteiger partial charge is 0.422 e. The summed E-state index contributed by atoms with van der Waals surface area (Å²) in [5.74, 6) is -0.131. The van der Waals surface area contributed by atoms with Gasteiger partial charge in [0, 0.05) is 18.1 Å². The lowest BCUT2D eigenvalue weighted by Crippen LogP contribution is -2.30. The molecule has 2 heterocycles. The van der Waals surface area contributed by atoms with Crippen LogP contribution in [0.15, 0.2) is 70.0 Å². The number of para-hydroxylation sites is 2. The maximum absolute atomic E-state index is 12.6. The number of carbonyl (C=O) groups excluding carboxylic acids is 1. The molecule has 4 aromatic rings. The maximum atomic E-state index is 12.6. The van der Waals surface area contributed by atoms with Gasteiger partial charge in [-0.25, -0.2) is 4.79 Å². The second-order valence-corrected chi connectivity index (χ2v) is 5.74. The first-order valence-electron chi connectivity index (χ1n) is 7.84. The van der Waals surface area contributed by atoms with Crippen molar-refractivity contribution in [2.45, 2.75) is 6.54 Å². The highest BCUT2D eigenvalue weighted by Gasteiger charge is 2.17. The number of amides is 1. The second kappa shape index (κ2) is 5.90. The summed E-state index contributed by atoms with van der Waals surface area (Å²) in [5, 5.41) is 5.36. The molecule has 25 heavy (non-hydrogen) atoms. The summed E-state index contributed by atoms with van der Waals surface area (Å²) < 4.78 is 6.86. The van der Waals surface area contributed by atoms with Crippen molar-refractivity contribution in [3.05, 3.63) is 71.2 Å². The Morgan fingerprint density at radius 3 is 2.60 bits per heavy atom. The van der Waals surface area contributed by atoms with Crippen LogP contribution in [0.5, 0.6) is 0 Å². The molecule has 124 valence electrons. The molecular formula is C19H15N3O3. The van der Waals surface area contributed by atoms with E-state index in [1.165, 1.54) is 6.20 Å². The lowest BCUT2D eigenvalue weighted by molar-refractivity contribution is -0.119. The molecule has 0 spiro atoms. The van der Waals surface area contributed by atoms with Crippen LogP contribution in [-0.2, 0) is 11.3 Å². The normalized spacial score (nSPS) is 11.1. The van der Waals surface area contributed by atoms with E-state index in [-0.39, 0.29) is 12.5 Å². The fourth-order valence-electron chi connectivity index (χ4n) is 2.87. The average Bonchev–Trinajstić information content (AvgIpc) is 3.06. The van der Waals surface area contributed by atoms with Gasteiger partial charge in [0.1, 0.15) is 17.5 Å². The molecule has 0 aliphatic heterocycles. The number of hydrogen-bond acceptors (Lipinski definition) is 4. The van der Waals surface area contributed by atoms with E-state index >= 15 is 0 Å². The summed E-state index contributed by atoms with van der Waals surface area (Å²) in [7, 11) is 1.72. The predicted molar refractivity (Wildman–Crippen MR) is 95.6 cm³/mol. The SMILES string of the molecule is CN(C(=O)Cn1ncc2c(=O)oc3ccccc3c21)c1ccccc1. The first-order chi connectivity index (χ1) is 12.1. The number of fused-ring (bicyclic) bond motifs is 3. The van der Waals surface area contributed by atoms with E-state index in [1.807, 2.05) is 42.5 Å². The smallest absolute Gasteiger partial charge is 0.347 e. The lowest BCUT2D eigenvalue weighted by Gasteiger charge is -2.17. The molecule has 0 N–H and O–H groups in total. The standard InChI is InChI=1S/C19H15N3O3/c1-21(13-7-3-2-4-8-13)17(23)12-22-18-14-9-5-6-10-16(14)25-19(24)15(18)11-20-22/h2-11H,12H2,1H3. The van der Waals surface area contributed by atoms with Crippen LogP contribution < -0.4 is 10.5 Å². The van der Waals surface area contributed by atoms with Crippen molar-refractivity contribution in [1.29, 1.82) is 0 Å². The molecule has 2 aromatic heterocycles. The highest BCUT2D eigenvalue weighted by atomic mass is 16.4. The van der Waals surface area contributed by atoms with Gasteiger partial charge in [0.25, 0.3) is 0 Å². The quantitative estimate of drug-likeness (QED) is 0.541. The third-order valence-corrected chi connectivity index (χ3v) is 4.21. The predicted octanol–water partition coefficient (Wildman–Crippen LogP) is 2.81. The van der Waals surface area contributed by atoms with E-state index < -0.39 is 5.63 Å². The minimum absolute atomic E-state index is 0.0301. The van der Waals surface area contributed by atoms with E-state index in [0.717, 1.165) is 11.1 Å². The van der Waals surface area contributed by atoms with Crippen LogP contribution in [0.1, 0.15) is 0 Å². The van der Waals surface area contributed by atoms with E-state index in [1.54, 1.807) is 28.8 Å². The Morgan fingerprint density at radius 2 is 1.80 bits per heavy atom. The van der Waals surface area contributed by atoms with Crippen LogP contribution in [0.4, 0.5) is 5.69 Å². The van der Waals surface area contributed by atoms with Crippen LogP contribution in [0.25, 0.3) is 21.9 Å². The topological polar surface area (TPSA) is 68.3 Å². The number of hydrogen-bond donors (Lipinski definition) is 0. The molecule has 0 saturated carbocycles. The van der Waals surface area contributed by atoms with Crippen molar-refractivity contribution < 1.29 is 9.21 Å². The molecule has 0 bridgehead atoms. The first-order valence-corrected chi connectivity index (χ1v) is 7.84. The van der Waals surface area contributed by atoms with E-state index in [2.05, 4.69) is 5.10 Å². The van der Waals surface area contributed by atoms with Gasteiger partial charge in [0.2, 0.25) is 5.91 Å². The van der Waals surface area contributed by atoms with Crippen molar-refractivity contribution >= 4 is 33.5 Å². The van der Waals surface area contributed by atoms with E-state index in [4.69, 9.17) is 4.42 Å². The maximum Gasteiger partial charge on any atom is 0.347 e. The highest BCUT2D eigenvalue weighted by molar-refractivity contribution is 6.02. The molecule has 0 atom stereocenters. The van der Waals surface area contributed by atoms with Crippen molar-refractivity contribution in [3.63, 3.8) is 0 Å². The summed E-state index contributed by atoms with van der Waals surface area (Å²) in [6.07, 6.45) is 1.45. The zero-order chi connectivity index (χ0) is 17.4. The number of aromatic nitrogens is 2. The van der Waals surface area contributed by atoms with Crippen LogP contribution in [0.3, 0.4) is 0 Å². The number of anilines is 1. The lowest BCUT2D eigenvalue weighted by atomic mass is 10.2. The molecule has 6 nitrogen and oxygen atoms in total. The van der Waals surface area contributed by atoms with Gasteiger partial charge in [-0.15, -0.1) is 0 Å². The number of carbonyl (C=O) groups is 1. The Morgan fingerprint density at radius 1 is 1.08 bits per heavy atom. The van der Waals surface area contributed by atoms with Crippen LogP contribution >= 0.6 is 0 Å². The summed E-state index contributed by atoms with van der Waals surface area (Å²) in [4.78, 5) is 26.3. The van der Waals surface area contributed by atoms with Gasteiger partial charge in [-0.2, -0.15) is 5.10 Å². The molecule has 1 amide bonds. The van der Waals surface area contributed by atoms with Crippen LogP contribution in [-0.4, -0.2) is 22.7 Å². The number of rotatable bonds is 3. The molecule has 0 fully saturated rings.